The Kier molecular flexibility index (Phi) is 14.7. The summed E-state index contributed by atoms with van der Waals surface area (Å²) in [6.45, 7) is 2.23. The second-order valence-electron chi connectivity index (χ2n) is 5.04. The zero-order chi connectivity index (χ0) is 14.9. The van der Waals surface area contributed by atoms with Crippen molar-refractivity contribution in [2.75, 3.05) is 0 Å². The first-order valence-corrected chi connectivity index (χ1v) is 7.95. The monoisotopic (exact) mass is 278 g/mol. The zero-order valence-electron chi connectivity index (χ0n) is 12.9. The van der Waals surface area contributed by atoms with E-state index < -0.39 is 5.97 Å². The van der Waals surface area contributed by atoms with Crippen LogP contribution in [0.25, 0.3) is 0 Å². The van der Waals surface area contributed by atoms with Gasteiger partial charge in [0, 0.05) is 6.42 Å². The van der Waals surface area contributed by atoms with Crippen LogP contribution in [0.1, 0.15) is 71.1 Å². The summed E-state index contributed by atoms with van der Waals surface area (Å²) in [4.78, 5) is 10.3. The summed E-state index contributed by atoms with van der Waals surface area (Å²) >= 11 is 0. The molecule has 0 aromatic heterocycles. The van der Waals surface area contributed by atoms with Crippen molar-refractivity contribution in [3.8, 4) is 0 Å². The Balaban J connectivity index is 3.31. The van der Waals surface area contributed by atoms with Crippen LogP contribution < -0.4 is 0 Å². The molecule has 0 amide bonds. The maximum atomic E-state index is 10.3. The number of carbonyl (C=O) groups is 1. The normalized spacial score (nSPS) is 12.1. The van der Waals surface area contributed by atoms with E-state index in [0.29, 0.717) is 6.42 Å². The second-order valence-corrected chi connectivity index (χ2v) is 5.04. The standard InChI is InChI=1S/C18H30O2/c1-2-3-4-5-6-7-8-9-10-11-12-13-14-15-16-17-18(19)20/h6-9,12-13H,2-5,10-11,14-17H2,1H3,(H,19,20)/b7-6-,9-8+,13-12-. The highest BCUT2D eigenvalue weighted by Gasteiger charge is 1.93. The van der Waals surface area contributed by atoms with E-state index in [1.807, 2.05) is 0 Å². The van der Waals surface area contributed by atoms with E-state index in [-0.39, 0.29) is 0 Å². The fraction of sp³-hybridized carbons (Fsp3) is 0.611. The number of unbranched alkanes of at least 4 members (excludes halogenated alkanes) is 6. The molecule has 0 saturated carbocycles. The van der Waals surface area contributed by atoms with Crippen molar-refractivity contribution in [1.29, 1.82) is 0 Å². The van der Waals surface area contributed by atoms with Gasteiger partial charge < -0.3 is 5.11 Å². The first-order chi connectivity index (χ1) is 9.77. The van der Waals surface area contributed by atoms with Crippen LogP contribution in [0.15, 0.2) is 36.5 Å². The van der Waals surface area contributed by atoms with Crippen molar-refractivity contribution in [2.45, 2.75) is 71.1 Å². The minimum absolute atomic E-state index is 0.293. The second kappa shape index (κ2) is 15.7. The van der Waals surface area contributed by atoms with Crippen LogP contribution in [-0.4, -0.2) is 11.1 Å². The topological polar surface area (TPSA) is 37.3 Å². The van der Waals surface area contributed by atoms with Crippen LogP contribution in [-0.2, 0) is 4.79 Å². The van der Waals surface area contributed by atoms with Gasteiger partial charge in [0.25, 0.3) is 0 Å². The third kappa shape index (κ3) is 16.7. The molecule has 0 saturated heterocycles. The molecule has 0 aliphatic carbocycles. The lowest BCUT2D eigenvalue weighted by atomic mass is 10.1. The smallest absolute Gasteiger partial charge is 0.303 e. The predicted octanol–water partition coefficient (Wildman–Crippen LogP) is 5.66. The van der Waals surface area contributed by atoms with Gasteiger partial charge in [-0.15, -0.1) is 0 Å². The number of carboxylic acid groups (broad SMARTS) is 1. The molecule has 0 unspecified atom stereocenters. The van der Waals surface area contributed by atoms with Crippen molar-refractivity contribution in [3.63, 3.8) is 0 Å². The van der Waals surface area contributed by atoms with E-state index in [1.54, 1.807) is 0 Å². The molecule has 2 nitrogen and oxygen atoms in total. The Hall–Kier alpha value is -1.31. The molecule has 0 bridgehead atoms. The number of rotatable bonds is 13. The Morgan fingerprint density at radius 2 is 1.35 bits per heavy atom. The van der Waals surface area contributed by atoms with Gasteiger partial charge in [-0.2, -0.15) is 0 Å². The molecule has 0 fully saturated rings. The summed E-state index contributed by atoms with van der Waals surface area (Å²) in [7, 11) is 0. The number of allylic oxidation sites excluding steroid dienone is 6. The van der Waals surface area contributed by atoms with Crippen molar-refractivity contribution in [1.82, 2.24) is 0 Å². The Morgan fingerprint density at radius 3 is 2.05 bits per heavy atom. The molecule has 0 aromatic carbocycles. The fourth-order valence-electron chi connectivity index (χ4n) is 1.83. The maximum Gasteiger partial charge on any atom is 0.303 e. The number of aliphatic carboxylic acids is 1. The van der Waals surface area contributed by atoms with Crippen LogP contribution >= 0.6 is 0 Å². The quantitative estimate of drug-likeness (QED) is 0.268. The summed E-state index contributed by atoms with van der Waals surface area (Å²) < 4.78 is 0. The zero-order valence-corrected chi connectivity index (χ0v) is 12.9. The molecular weight excluding hydrogens is 248 g/mol. The van der Waals surface area contributed by atoms with Gasteiger partial charge in [-0.05, 0) is 44.9 Å². The summed E-state index contributed by atoms with van der Waals surface area (Å²) in [6, 6.07) is 0. The summed E-state index contributed by atoms with van der Waals surface area (Å²) in [5.74, 6) is -0.693. The Morgan fingerprint density at radius 1 is 0.800 bits per heavy atom. The molecule has 0 aliphatic heterocycles. The van der Waals surface area contributed by atoms with Crippen LogP contribution in [0.5, 0.6) is 0 Å². The average molecular weight is 278 g/mol. The van der Waals surface area contributed by atoms with E-state index >= 15 is 0 Å². The molecule has 1 N–H and O–H groups in total. The summed E-state index contributed by atoms with van der Waals surface area (Å²) in [5, 5.41) is 8.49. The molecular formula is C18H30O2. The molecule has 0 aromatic rings. The van der Waals surface area contributed by atoms with Crippen LogP contribution in [0, 0.1) is 0 Å². The van der Waals surface area contributed by atoms with Gasteiger partial charge in [-0.25, -0.2) is 0 Å². The summed E-state index contributed by atoms with van der Waals surface area (Å²) in [5.41, 5.74) is 0. The lowest BCUT2D eigenvalue weighted by molar-refractivity contribution is -0.137. The molecule has 0 spiro atoms. The SMILES string of the molecule is CCCCC/C=C\C=C\CC/C=C\CCCCC(=O)O. The van der Waals surface area contributed by atoms with Crippen LogP contribution in [0.4, 0.5) is 0 Å². The Labute approximate surface area is 124 Å². The molecule has 0 rings (SSSR count). The van der Waals surface area contributed by atoms with Gasteiger partial charge in [-0.3, -0.25) is 4.79 Å². The van der Waals surface area contributed by atoms with E-state index in [2.05, 4.69) is 43.4 Å². The lowest BCUT2D eigenvalue weighted by Crippen LogP contribution is -1.92. The van der Waals surface area contributed by atoms with Crippen molar-refractivity contribution in [3.05, 3.63) is 36.5 Å². The van der Waals surface area contributed by atoms with Gasteiger partial charge in [0.1, 0.15) is 0 Å². The number of hydrogen-bond donors (Lipinski definition) is 1. The van der Waals surface area contributed by atoms with Crippen LogP contribution in [0.3, 0.4) is 0 Å². The Bertz CT molecular complexity index is 301. The molecule has 0 aliphatic rings. The largest absolute Gasteiger partial charge is 0.481 e. The predicted molar refractivity (Wildman–Crippen MR) is 86.9 cm³/mol. The first-order valence-electron chi connectivity index (χ1n) is 7.95. The highest BCUT2D eigenvalue weighted by molar-refractivity contribution is 5.66. The number of carboxylic acids is 1. The maximum absolute atomic E-state index is 10.3. The first kappa shape index (κ1) is 18.7. The molecule has 114 valence electrons. The van der Waals surface area contributed by atoms with E-state index in [4.69, 9.17) is 5.11 Å². The molecule has 2 heteroatoms. The molecule has 0 radical (unpaired) electrons. The fourth-order valence-corrected chi connectivity index (χ4v) is 1.83. The van der Waals surface area contributed by atoms with Gasteiger partial charge >= 0.3 is 5.97 Å². The van der Waals surface area contributed by atoms with Gasteiger partial charge in [0.2, 0.25) is 0 Å². The van der Waals surface area contributed by atoms with E-state index in [1.165, 1.54) is 25.7 Å². The average Bonchev–Trinajstić information content (AvgIpc) is 2.43. The molecule has 0 heterocycles. The van der Waals surface area contributed by atoms with Crippen LogP contribution in [0.2, 0.25) is 0 Å². The molecule has 20 heavy (non-hydrogen) atoms. The minimum Gasteiger partial charge on any atom is -0.481 e. The van der Waals surface area contributed by atoms with E-state index in [9.17, 15) is 4.79 Å². The summed E-state index contributed by atoms with van der Waals surface area (Å²) in [6.07, 6.45) is 23.3. The lowest BCUT2D eigenvalue weighted by Gasteiger charge is -1.93. The third-order valence-electron chi connectivity index (χ3n) is 3.04. The van der Waals surface area contributed by atoms with Gasteiger partial charge in [-0.1, -0.05) is 56.2 Å². The highest BCUT2D eigenvalue weighted by Crippen LogP contribution is 2.03. The third-order valence-corrected chi connectivity index (χ3v) is 3.04. The van der Waals surface area contributed by atoms with Crippen molar-refractivity contribution in [2.24, 2.45) is 0 Å². The van der Waals surface area contributed by atoms with Crippen molar-refractivity contribution < 1.29 is 9.90 Å². The highest BCUT2D eigenvalue weighted by atomic mass is 16.4. The van der Waals surface area contributed by atoms with Gasteiger partial charge in [0.15, 0.2) is 0 Å². The molecule has 0 atom stereocenters. The van der Waals surface area contributed by atoms with Crippen molar-refractivity contribution >= 4 is 5.97 Å². The minimum atomic E-state index is -0.693. The van der Waals surface area contributed by atoms with Gasteiger partial charge in [0.05, 0.1) is 0 Å². The number of hydrogen-bond acceptors (Lipinski definition) is 1. The van der Waals surface area contributed by atoms with E-state index in [0.717, 1.165) is 32.1 Å².